The molecule has 1 aliphatic rings. The number of methoxy groups -OCH3 is 1. The second-order valence-corrected chi connectivity index (χ2v) is 8.85. The van der Waals surface area contributed by atoms with Gasteiger partial charge in [-0.3, -0.25) is 9.36 Å². The van der Waals surface area contributed by atoms with Crippen LogP contribution in [-0.4, -0.2) is 52.1 Å². The van der Waals surface area contributed by atoms with Crippen molar-refractivity contribution in [3.8, 4) is 5.75 Å². The van der Waals surface area contributed by atoms with Crippen LogP contribution in [0.25, 0.3) is 10.9 Å². The minimum absolute atomic E-state index is 0.0304. The highest BCUT2D eigenvalue weighted by atomic mass is 32.2. The van der Waals surface area contributed by atoms with Crippen molar-refractivity contribution in [1.82, 2.24) is 9.47 Å². The van der Waals surface area contributed by atoms with Gasteiger partial charge in [0.1, 0.15) is 11.1 Å². The number of nitrogens with one attached hydrogen (secondary N) is 1. The van der Waals surface area contributed by atoms with Crippen molar-refractivity contribution in [2.45, 2.75) is 18.2 Å². The van der Waals surface area contributed by atoms with Gasteiger partial charge in [-0.05, 0) is 24.1 Å². The van der Waals surface area contributed by atoms with Crippen LogP contribution < -0.4 is 15.8 Å². The summed E-state index contributed by atoms with van der Waals surface area (Å²) in [6.45, 7) is 0.337. The monoisotopic (exact) mass is 488 g/mol. The molecule has 2 aromatic carbocycles. The van der Waals surface area contributed by atoms with Gasteiger partial charge in [0.15, 0.2) is 17.4 Å². The molecular formula is C23H22F2N4O4S. The van der Waals surface area contributed by atoms with Crippen molar-refractivity contribution in [2.24, 2.45) is 5.73 Å². The molecule has 0 bridgehead atoms. The summed E-state index contributed by atoms with van der Waals surface area (Å²) in [6, 6.07) is 8.05. The first kappa shape index (κ1) is 23.6. The van der Waals surface area contributed by atoms with E-state index in [0.29, 0.717) is 28.9 Å². The van der Waals surface area contributed by atoms with Crippen LogP contribution in [-0.2, 0) is 11.2 Å². The van der Waals surface area contributed by atoms with Crippen molar-refractivity contribution >= 4 is 46.2 Å². The molecule has 0 radical (unpaired) electrons. The van der Waals surface area contributed by atoms with E-state index in [2.05, 4.69) is 5.32 Å². The highest BCUT2D eigenvalue weighted by Crippen LogP contribution is 2.30. The highest BCUT2D eigenvalue weighted by Gasteiger charge is 2.35. The number of ketones is 1. The number of benzene rings is 2. The number of rotatable bonds is 6. The molecule has 0 spiro atoms. The van der Waals surface area contributed by atoms with Gasteiger partial charge in [0.2, 0.25) is 0 Å². The van der Waals surface area contributed by atoms with E-state index in [-0.39, 0.29) is 29.9 Å². The van der Waals surface area contributed by atoms with Crippen LogP contribution in [0.2, 0.25) is 0 Å². The lowest BCUT2D eigenvalue weighted by Crippen LogP contribution is -2.42. The van der Waals surface area contributed by atoms with Crippen LogP contribution in [0.1, 0.15) is 12.0 Å². The fraction of sp³-hybridized carbons (Fsp3) is 0.261. The van der Waals surface area contributed by atoms with Crippen LogP contribution in [0.4, 0.5) is 24.1 Å². The quantitative estimate of drug-likeness (QED) is 0.546. The molecule has 1 atom stereocenters. The largest absolute Gasteiger partial charge is 0.497 e. The van der Waals surface area contributed by atoms with Crippen LogP contribution in [0.5, 0.6) is 5.75 Å². The SMILES string of the molecule is COc1cc(F)c(F)c(CCC(=O)[C@@H]2SCCN2C(=O)Nc2cn(C(N)=O)c3ccccc23)c1. The molecule has 1 saturated heterocycles. The molecule has 0 saturated carbocycles. The number of urea groups is 1. The predicted molar refractivity (Wildman–Crippen MR) is 125 cm³/mol. The number of aromatic nitrogens is 1. The summed E-state index contributed by atoms with van der Waals surface area (Å²) in [5.41, 5.74) is 6.38. The third-order valence-corrected chi connectivity index (χ3v) is 6.82. The first-order chi connectivity index (χ1) is 16.3. The first-order valence-electron chi connectivity index (χ1n) is 10.4. The Bertz CT molecular complexity index is 1280. The first-order valence-corrected chi connectivity index (χ1v) is 11.5. The Kier molecular flexibility index (Phi) is 6.73. The number of anilines is 1. The average Bonchev–Trinajstić information content (AvgIpc) is 3.45. The smallest absolute Gasteiger partial charge is 0.323 e. The van der Waals surface area contributed by atoms with E-state index < -0.39 is 29.1 Å². The number of hydrogen-bond donors (Lipinski definition) is 2. The van der Waals surface area contributed by atoms with Gasteiger partial charge in [0.05, 0.1) is 18.3 Å². The van der Waals surface area contributed by atoms with Crippen LogP contribution in [0.3, 0.4) is 0 Å². The molecule has 4 rings (SSSR count). The van der Waals surface area contributed by atoms with Crippen LogP contribution in [0.15, 0.2) is 42.6 Å². The zero-order valence-electron chi connectivity index (χ0n) is 18.2. The number of carbonyl (C=O) groups excluding carboxylic acids is 3. The third-order valence-electron chi connectivity index (χ3n) is 5.57. The number of halogens is 2. The highest BCUT2D eigenvalue weighted by molar-refractivity contribution is 8.00. The molecule has 1 aliphatic heterocycles. The van der Waals surface area contributed by atoms with E-state index in [1.807, 2.05) is 0 Å². The number of aryl methyl sites for hydroxylation is 1. The molecule has 0 unspecified atom stereocenters. The number of hydrogen-bond acceptors (Lipinski definition) is 5. The van der Waals surface area contributed by atoms with Gasteiger partial charge in [0.25, 0.3) is 0 Å². The number of fused-ring (bicyclic) bond motifs is 1. The van der Waals surface area contributed by atoms with Crippen LogP contribution in [0, 0.1) is 11.6 Å². The van der Waals surface area contributed by atoms with E-state index in [1.165, 1.54) is 40.6 Å². The molecule has 3 amide bonds. The van der Waals surface area contributed by atoms with E-state index in [1.54, 1.807) is 24.3 Å². The van der Waals surface area contributed by atoms with Crippen molar-refractivity contribution in [3.63, 3.8) is 0 Å². The zero-order chi connectivity index (χ0) is 24.4. The zero-order valence-corrected chi connectivity index (χ0v) is 19.0. The second kappa shape index (κ2) is 9.72. The fourth-order valence-corrected chi connectivity index (χ4v) is 5.10. The van der Waals surface area contributed by atoms with Gasteiger partial charge in [-0.15, -0.1) is 11.8 Å². The molecule has 34 heavy (non-hydrogen) atoms. The van der Waals surface area contributed by atoms with Crippen molar-refractivity contribution in [3.05, 3.63) is 59.8 Å². The minimum Gasteiger partial charge on any atom is -0.497 e. The lowest BCUT2D eigenvalue weighted by molar-refractivity contribution is -0.120. The number of ether oxygens (including phenoxy) is 1. The summed E-state index contributed by atoms with van der Waals surface area (Å²) < 4.78 is 34.1. The number of Topliss-reactive ketones (excluding diaryl/α,β-unsaturated/α-hetero) is 1. The molecular weight excluding hydrogens is 466 g/mol. The number of para-hydroxylation sites is 1. The third kappa shape index (κ3) is 4.56. The molecule has 11 heteroatoms. The maximum absolute atomic E-state index is 14.1. The number of nitrogens with two attached hydrogens (primary N) is 1. The molecule has 1 aromatic heterocycles. The maximum atomic E-state index is 14.1. The van der Waals surface area contributed by atoms with Gasteiger partial charge >= 0.3 is 12.1 Å². The Balaban J connectivity index is 1.47. The Labute approximate surface area is 198 Å². The molecule has 0 aliphatic carbocycles. The van der Waals surface area contributed by atoms with Crippen molar-refractivity contribution in [1.29, 1.82) is 0 Å². The molecule has 3 N–H and O–H groups in total. The van der Waals surface area contributed by atoms with Crippen molar-refractivity contribution in [2.75, 3.05) is 24.7 Å². The van der Waals surface area contributed by atoms with Gasteiger partial charge in [-0.2, -0.15) is 0 Å². The van der Waals surface area contributed by atoms with E-state index >= 15 is 0 Å². The van der Waals surface area contributed by atoms with E-state index in [4.69, 9.17) is 10.5 Å². The maximum Gasteiger partial charge on any atom is 0.323 e. The van der Waals surface area contributed by atoms with Crippen molar-refractivity contribution < 1.29 is 27.9 Å². The molecule has 178 valence electrons. The summed E-state index contributed by atoms with van der Waals surface area (Å²) in [7, 11) is 1.34. The van der Waals surface area contributed by atoms with E-state index in [0.717, 1.165) is 6.07 Å². The summed E-state index contributed by atoms with van der Waals surface area (Å²) in [4.78, 5) is 39.0. The number of primary amides is 1. The van der Waals surface area contributed by atoms with E-state index in [9.17, 15) is 23.2 Å². The van der Waals surface area contributed by atoms with Crippen LogP contribution >= 0.6 is 11.8 Å². The average molecular weight is 489 g/mol. The Morgan fingerprint density at radius 3 is 2.74 bits per heavy atom. The Morgan fingerprint density at radius 1 is 1.24 bits per heavy atom. The summed E-state index contributed by atoms with van der Waals surface area (Å²) in [6.07, 6.45) is 1.33. The Morgan fingerprint density at radius 2 is 2.00 bits per heavy atom. The second-order valence-electron chi connectivity index (χ2n) is 7.66. The minimum atomic E-state index is -1.05. The topological polar surface area (TPSA) is 107 Å². The summed E-state index contributed by atoms with van der Waals surface area (Å²) in [5.74, 6) is -1.64. The number of amides is 3. The predicted octanol–water partition coefficient (Wildman–Crippen LogP) is 3.96. The number of thioether (sulfide) groups is 1. The number of nitrogens with zero attached hydrogens (tertiary/aromatic N) is 2. The summed E-state index contributed by atoms with van der Waals surface area (Å²) >= 11 is 1.31. The van der Waals surface area contributed by atoms with Gasteiger partial charge in [-0.25, -0.2) is 18.4 Å². The standard InChI is InChI=1S/C23H22F2N4O4S/c1-33-14-10-13(20(25)16(24)11-14)6-7-19(30)21-28(8-9-34-21)23(32)27-17-12-29(22(26)31)18-5-3-2-4-15(17)18/h2-5,10-12,21H,6-9H2,1H3,(H2,26,31)(H,27,32)/t21-/m0/s1. The molecule has 1 fully saturated rings. The molecule has 3 aromatic rings. The number of carbonyl (C=O) groups is 3. The summed E-state index contributed by atoms with van der Waals surface area (Å²) in [5, 5.41) is 2.62. The lowest BCUT2D eigenvalue weighted by atomic mass is 10.1. The Hall–Kier alpha value is -3.60. The molecule has 8 nitrogen and oxygen atoms in total. The van der Waals surface area contributed by atoms with Gasteiger partial charge < -0.3 is 20.7 Å². The van der Waals surface area contributed by atoms with Gasteiger partial charge in [-0.1, -0.05) is 18.2 Å². The molecule has 2 heterocycles. The normalized spacial score (nSPS) is 15.5. The van der Waals surface area contributed by atoms with Gasteiger partial charge in [0, 0.05) is 36.4 Å². The fourth-order valence-electron chi connectivity index (χ4n) is 3.89. The lowest BCUT2D eigenvalue weighted by Gasteiger charge is -2.23.